The predicted molar refractivity (Wildman–Crippen MR) is 67.9 cm³/mol. The number of amides is 1. The number of aliphatic hydroxyl groups is 2. The molecule has 98 valence electrons. The van der Waals surface area contributed by atoms with Crippen LogP contribution in [-0.2, 0) is 11.2 Å². The summed E-state index contributed by atoms with van der Waals surface area (Å²) in [6.45, 7) is -0.0216. The molecule has 3 atom stereocenters. The molecule has 1 aliphatic carbocycles. The van der Waals surface area contributed by atoms with Gasteiger partial charge in [-0.3, -0.25) is 4.79 Å². The summed E-state index contributed by atoms with van der Waals surface area (Å²) in [5.74, 6) is -0.135. The van der Waals surface area contributed by atoms with Crippen LogP contribution in [0.15, 0.2) is 30.3 Å². The quantitative estimate of drug-likeness (QED) is 0.727. The van der Waals surface area contributed by atoms with E-state index in [0.29, 0.717) is 19.3 Å². The number of carbonyl (C=O) groups excluding carboxylic acids is 1. The van der Waals surface area contributed by atoms with Crippen molar-refractivity contribution in [3.05, 3.63) is 35.9 Å². The predicted octanol–water partition coefficient (Wildman–Crippen LogP) is 0.477. The molecular formula is C14H19NO3. The van der Waals surface area contributed by atoms with E-state index in [2.05, 4.69) is 5.32 Å². The van der Waals surface area contributed by atoms with Crippen LogP contribution >= 0.6 is 0 Å². The molecule has 2 rings (SSSR count). The Hall–Kier alpha value is -1.39. The Morgan fingerprint density at radius 1 is 1.28 bits per heavy atom. The first-order valence-electron chi connectivity index (χ1n) is 6.31. The lowest BCUT2D eigenvalue weighted by Gasteiger charge is -2.12. The van der Waals surface area contributed by atoms with E-state index < -0.39 is 6.10 Å². The van der Waals surface area contributed by atoms with Crippen LogP contribution in [0.3, 0.4) is 0 Å². The third kappa shape index (κ3) is 3.31. The third-order valence-electron chi connectivity index (χ3n) is 3.46. The van der Waals surface area contributed by atoms with E-state index in [-0.39, 0.29) is 24.5 Å². The molecule has 18 heavy (non-hydrogen) atoms. The minimum atomic E-state index is -0.503. The number of benzene rings is 1. The Bertz CT molecular complexity index is 393. The fourth-order valence-corrected chi connectivity index (χ4v) is 2.48. The standard InChI is InChI=1S/C14H19NO3/c16-9-11-7-12(8-13(11)17)15-14(18)6-10-4-2-1-3-5-10/h1-5,11-13,16-17H,6-9H2,(H,15,18)/t11-,12+,13-/m1/s1. The molecule has 1 fully saturated rings. The maximum atomic E-state index is 11.8. The number of carbonyl (C=O) groups is 1. The molecule has 4 heteroatoms. The normalized spacial score (nSPS) is 27.1. The topological polar surface area (TPSA) is 69.6 Å². The zero-order valence-electron chi connectivity index (χ0n) is 10.2. The van der Waals surface area contributed by atoms with E-state index >= 15 is 0 Å². The summed E-state index contributed by atoms with van der Waals surface area (Å²) in [6.07, 6.45) is 1.04. The van der Waals surface area contributed by atoms with Crippen molar-refractivity contribution in [2.45, 2.75) is 31.4 Å². The van der Waals surface area contributed by atoms with E-state index in [1.165, 1.54) is 0 Å². The van der Waals surface area contributed by atoms with Crippen molar-refractivity contribution >= 4 is 5.91 Å². The Kier molecular flexibility index (Phi) is 4.33. The van der Waals surface area contributed by atoms with Crippen LogP contribution in [0.5, 0.6) is 0 Å². The van der Waals surface area contributed by atoms with Gasteiger partial charge in [0.1, 0.15) is 0 Å². The zero-order chi connectivity index (χ0) is 13.0. The van der Waals surface area contributed by atoms with Crippen molar-refractivity contribution in [1.29, 1.82) is 0 Å². The molecule has 0 bridgehead atoms. The lowest BCUT2D eigenvalue weighted by Crippen LogP contribution is -2.34. The first kappa shape index (κ1) is 13.1. The average molecular weight is 249 g/mol. The smallest absolute Gasteiger partial charge is 0.224 e. The molecule has 0 aliphatic heterocycles. The number of nitrogens with one attached hydrogen (secondary N) is 1. The maximum Gasteiger partial charge on any atom is 0.224 e. The van der Waals surface area contributed by atoms with Crippen LogP contribution in [0, 0.1) is 5.92 Å². The van der Waals surface area contributed by atoms with Gasteiger partial charge in [0, 0.05) is 18.6 Å². The summed E-state index contributed by atoms with van der Waals surface area (Å²) in [7, 11) is 0. The first-order chi connectivity index (χ1) is 8.69. The Morgan fingerprint density at radius 3 is 2.61 bits per heavy atom. The third-order valence-corrected chi connectivity index (χ3v) is 3.46. The fraction of sp³-hybridized carbons (Fsp3) is 0.500. The van der Waals surface area contributed by atoms with Crippen molar-refractivity contribution in [1.82, 2.24) is 5.32 Å². The van der Waals surface area contributed by atoms with Gasteiger partial charge in [-0.05, 0) is 18.4 Å². The molecule has 1 aromatic rings. The second-order valence-electron chi connectivity index (χ2n) is 4.91. The van der Waals surface area contributed by atoms with E-state index in [4.69, 9.17) is 5.11 Å². The Morgan fingerprint density at radius 2 is 2.00 bits per heavy atom. The van der Waals surface area contributed by atoms with Gasteiger partial charge in [-0.25, -0.2) is 0 Å². The highest BCUT2D eigenvalue weighted by molar-refractivity contribution is 5.78. The molecule has 1 aliphatic rings. The summed E-state index contributed by atoms with van der Waals surface area (Å²) < 4.78 is 0. The highest BCUT2D eigenvalue weighted by atomic mass is 16.3. The summed E-state index contributed by atoms with van der Waals surface area (Å²) in [4.78, 5) is 11.8. The van der Waals surface area contributed by atoms with Crippen LogP contribution in [0.1, 0.15) is 18.4 Å². The van der Waals surface area contributed by atoms with Gasteiger partial charge >= 0.3 is 0 Å². The first-order valence-corrected chi connectivity index (χ1v) is 6.31. The van der Waals surface area contributed by atoms with Crippen molar-refractivity contribution in [2.75, 3.05) is 6.61 Å². The van der Waals surface area contributed by atoms with Crippen molar-refractivity contribution < 1.29 is 15.0 Å². The molecule has 3 N–H and O–H groups in total. The molecule has 1 saturated carbocycles. The Labute approximate surface area is 107 Å². The van der Waals surface area contributed by atoms with E-state index in [0.717, 1.165) is 5.56 Å². The zero-order valence-corrected chi connectivity index (χ0v) is 10.2. The van der Waals surface area contributed by atoms with Gasteiger partial charge in [0.05, 0.1) is 12.5 Å². The molecule has 0 heterocycles. The molecule has 0 aromatic heterocycles. The van der Waals surface area contributed by atoms with Gasteiger partial charge in [-0.2, -0.15) is 0 Å². The number of hydrogen-bond donors (Lipinski definition) is 3. The number of rotatable bonds is 4. The van der Waals surface area contributed by atoms with Gasteiger partial charge in [0.2, 0.25) is 5.91 Å². The van der Waals surface area contributed by atoms with Gasteiger partial charge in [-0.1, -0.05) is 30.3 Å². The molecule has 4 nitrogen and oxygen atoms in total. The minimum absolute atomic E-state index is 0.0200. The van der Waals surface area contributed by atoms with Crippen molar-refractivity contribution in [3.8, 4) is 0 Å². The lowest BCUT2D eigenvalue weighted by atomic mass is 10.1. The van der Waals surface area contributed by atoms with Crippen molar-refractivity contribution in [3.63, 3.8) is 0 Å². The average Bonchev–Trinajstić information content (AvgIpc) is 2.70. The Balaban J connectivity index is 1.82. The van der Waals surface area contributed by atoms with Gasteiger partial charge in [-0.15, -0.1) is 0 Å². The second kappa shape index (κ2) is 5.98. The van der Waals surface area contributed by atoms with Crippen LogP contribution in [0.2, 0.25) is 0 Å². The molecule has 0 unspecified atom stereocenters. The minimum Gasteiger partial charge on any atom is -0.396 e. The van der Waals surface area contributed by atoms with Crippen LogP contribution < -0.4 is 5.32 Å². The summed E-state index contributed by atoms with van der Waals surface area (Å²) >= 11 is 0. The highest BCUT2D eigenvalue weighted by Crippen LogP contribution is 2.25. The highest BCUT2D eigenvalue weighted by Gasteiger charge is 2.33. The SMILES string of the molecule is O=C(Cc1ccccc1)N[C@H]1C[C@H](CO)[C@H](O)C1. The maximum absolute atomic E-state index is 11.8. The molecule has 0 saturated heterocycles. The van der Waals surface area contributed by atoms with Crippen LogP contribution in [-0.4, -0.2) is 34.9 Å². The summed E-state index contributed by atoms with van der Waals surface area (Å²) in [5, 5.41) is 21.6. The van der Waals surface area contributed by atoms with Gasteiger partial charge < -0.3 is 15.5 Å². The van der Waals surface area contributed by atoms with E-state index in [1.807, 2.05) is 30.3 Å². The molecular weight excluding hydrogens is 230 g/mol. The summed E-state index contributed by atoms with van der Waals surface area (Å²) in [5.41, 5.74) is 0.979. The van der Waals surface area contributed by atoms with Crippen LogP contribution in [0.25, 0.3) is 0 Å². The van der Waals surface area contributed by atoms with Gasteiger partial charge in [0.15, 0.2) is 0 Å². The van der Waals surface area contributed by atoms with Crippen molar-refractivity contribution in [2.24, 2.45) is 5.92 Å². The number of aliphatic hydroxyl groups excluding tert-OH is 2. The molecule has 1 amide bonds. The number of hydrogen-bond acceptors (Lipinski definition) is 3. The largest absolute Gasteiger partial charge is 0.396 e. The van der Waals surface area contributed by atoms with Gasteiger partial charge in [0.25, 0.3) is 0 Å². The summed E-state index contributed by atoms with van der Waals surface area (Å²) in [6, 6.07) is 9.54. The van der Waals surface area contributed by atoms with Crippen LogP contribution in [0.4, 0.5) is 0 Å². The molecule has 0 radical (unpaired) electrons. The van der Waals surface area contributed by atoms with E-state index in [1.54, 1.807) is 0 Å². The molecule has 1 aromatic carbocycles. The molecule has 0 spiro atoms. The second-order valence-corrected chi connectivity index (χ2v) is 4.91. The fourth-order valence-electron chi connectivity index (χ4n) is 2.48. The lowest BCUT2D eigenvalue weighted by molar-refractivity contribution is -0.121. The van der Waals surface area contributed by atoms with E-state index in [9.17, 15) is 9.90 Å². The monoisotopic (exact) mass is 249 g/mol.